The summed E-state index contributed by atoms with van der Waals surface area (Å²) in [6.45, 7) is 0.154. The first kappa shape index (κ1) is 5.81. The lowest BCUT2D eigenvalue weighted by molar-refractivity contribution is 0.998. The van der Waals surface area contributed by atoms with Crippen molar-refractivity contribution >= 4 is 0 Å². The van der Waals surface area contributed by atoms with Gasteiger partial charge in [0.25, 0.3) is 0 Å². The molecule has 0 radical (unpaired) electrons. The van der Waals surface area contributed by atoms with Crippen LogP contribution in [0.2, 0.25) is 0 Å². The summed E-state index contributed by atoms with van der Waals surface area (Å²) in [6, 6.07) is 0. The molecule has 0 amide bonds. The van der Waals surface area contributed by atoms with Crippen molar-refractivity contribution in [2.45, 2.75) is 6.54 Å². The first-order valence-electron chi connectivity index (χ1n) is 2.46. The number of hydrogen-bond acceptors (Lipinski definition) is 4. The maximum atomic E-state index is 9.67. The van der Waals surface area contributed by atoms with E-state index in [0.717, 1.165) is 5.56 Å². The molecule has 0 saturated heterocycles. The Hall–Kier alpha value is -1.32. The number of hydrogen-bond donors (Lipinski definition) is 0. The van der Waals surface area contributed by atoms with Crippen molar-refractivity contribution in [3.8, 4) is 0 Å². The molecule has 0 atom stereocenters. The van der Waals surface area contributed by atoms with Crippen LogP contribution in [0.1, 0.15) is 5.56 Å². The maximum Gasteiger partial charge on any atom is 0.115 e. The highest BCUT2D eigenvalue weighted by Gasteiger charge is 1.87. The summed E-state index contributed by atoms with van der Waals surface area (Å²) in [5, 5.41) is 2.68. The van der Waals surface area contributed by atoms with E-state index in [1.807, 2.05) is 0 Å². The van der Waals surface area contributed by atoms with Gasteiger partial charge in [-0.3, -0.25) is 0 Å². The van der Waals surface area contributed by atoms with Crippen molar-refractivity contribution in [1.29, 1.82) is 0 Å². The average molecular weight is 123 g/mol. The smallest absolute Gasteiger partial charge is 0.115 e. The Labute approximate surface area is 51.9 Å². The summed E-state index contributed by atoms with van der Waals surface area (Å²) in [7, 11) is 0. The van der Waals surface area contributed by atoms with E-state index in [1.165, 1.54) is 6.33 Å². The third-order valence-corrected chi connectivity index (χ3v) is 0.861. The van der Waals surface area contributed by atoms with E-state index < -0.39 is 0 Å². The minimum Gasteiger partial charge on any atom is -0.244 e. The Morgan fingerprint density at radius 3 is 2.67 bits per heavy atom. The molecule has 0 unspecified atom stereocenters. The first-order valence-corrected chi connectivity index (χ1v) is 2.46. The van der Waals surface area contributed by atoms with Crippen molar-refractivity contribution in [1.82, 2.24) is 9.97 Å². The Kier molecular flexibility index (Phi) is 1.85. The van der Waals surface area contributed by atoms with Gasteiger partial charge in [-0.25, -0.2) is 9.97 Å². The zero-order chi connectivity index (χ0) is 6.53. The van der Waals surface area contributed by atoms with Gasteiger partial charge < -0.3 is 0 Å². The molecule has 0 aliphatic rings. The summed E-state index contributed by atoms with van der Waals surface area (Å²) in [5.74, 6) is 0. The van der Waals surface area contributed by atoms with Crippen LogP contribution in [0.5, 0.6) is 0 Å². The van der Waals surface area contributed by atoms with Gasteiger partial charge >= 0.3 is 0 Å². The van der Waals surface area contributed by atoms with E-state index in [9.17, 15) is 4.91 Å². The molecule has 1 rings (SSSR count). The van der Waals surface area contributed by atoms with Crippen LogP contribution in [0.15, 0.2) is 23.9 Å². The highest BCUT2D eigenvalue weighted by Crippen LogP contribution is 1.93. The molecule has 1 heterocycles. The van der Waals surface area contributed by atoms with E-state index in [2.05, 4.69) is 15.1 Å². The maximum absolute atomic E-state index is 9.67. The van der Waals surface area contributed by atoms with E-state index in [0.29, 0.717) is 0 Å². The van der Waals surface area contributed by atoms with Crippen LogP contribution < -0.4 is 0 Å². The minimum atomic E-state index is 0.154. The van der Waals surface area contributed by atoms with Gasteiger partial charge in [0.15, 0.2) is 0 Å². The predicted octanol–water partition coefficient (Wildman–Crippen LogP) is 0.743. The summed E-state index contributed by atoms with van der Waals surface area (Å²) in [4.78, 5) is 17.1. The molecule has 1 aromatic heterocycles. The van der Waals surface area contributed by atoms with Crippen LogP contribution in [-0.2, 0) is 6.54 Å². The Morgan fingerprint density at radius 2 is 2.11 bits per heavy atom. The molecule has 0 N–H and O–H groups in total. The van der Waals surface area contributed by atoms with Gasteiger partial charge in [-0.05, 0) is 0 Å². The van der Waals surface area contributed by atoms with E-state index >= 15 is 0 Å². The van der Waals surface area contributed by atoms with Gasteiger partial charge in [-0.15, -0.1) is 0 Å². The van der Waals surface area contributed by atoms with Gasteiger partial charge in [0, 0.05) is 18.0 Å². The molecule has 0 aliphatic carbocycles. The topological polar surface area (TPSA) is 55.2 Å². The normalized spacial score (nSPS) is 8.89. The summed E-state index contributed by atoms with van der Waals surface area (Å²) in [6.07, 6.45) is 4.54. The molecule has 1 aromatic rings. The minimum absolute atomic E-state index is 0.154. The number of nitrogens with zero attached hydrogens (tertiary/aromatic N) is 3. The van der Waals surface area contributed by atoms with Crippen molar-refractivity contribution in [2.24, 2.45) is 5.18 Å². The largest absolute Gasteiger partial charge is 0.244 e. The highest BCUT2D eigenvalue weighted by molar-refractivity contribution is 5.01. The molecule has 0 spiro atoms. The molecule has 0 fully saturated rings. The molecule has 4 nitrogen and oxygen atoms in total. The fourth-order valence-electron chi connectivity index (χ4n) is 0.486. The van der Waals surface area contributed by atoms with Crippen molar-refractivity contribution in [3.05, 3.63) is 29.2 Å². The van der Waals surface area contributed by atoms with Crippen molar-refractivity contribution in [2.75, 3.05) is 0 Å². The second-order valence-electron chi connectivity index (χ2n) is 1.53. The van der Waals surface area contributed by atoms with Gasteiger partial charge in [-0.1, -0.05) is 5.18 Å². The second-order valence-corrected chi connectivity index (χ2v) is 1.53. The summed E-state index contributed by atoms with van der Waals surface area (Å²) >= 11 is 0. The van der Waals surface area contributed by atoms with Crippen molar-refractivity contribution < 1.29 is 0 Å². The summed E-state index contributed by atoms with van der Waals surface area (Å²) in [5.41, 5.74) is 0.743. The lowest BCUT2D eigenvalue weighted by Gasteiger charge is -1.86. The second kappa shape index (κ2) is 2.86. The van der Waals surface area contributed by atoms with Gasteiger partial charge in [-0.2, -0.15) is 4.91 Å². The van der Waals surface area contributed by atoms with E-state index in [1.54, 1.807) is 12.4 Å². The number of nitroso groups, excluding NO2 is 1. The van der Waals surface area contributed by atoms with Crippen LogP contribution in [0.3, 0.4) is 0 Å². The fourth-order valence-corrected chi connectivity index (χ4v) is 0.486. The lowest BCUT2D eigenvalue weighted by atomic mass is 10.4. The fraction of sp³-hybridized carbons (Fsp3) is 0.200. The molecule has 9 heavy (non-hydrogen) atoms. The SMILES string of the molecule is O=NCc1cncnc1. The van der Waals surface area contributed by atoms with E-state index in [4.69, 9.17) is 0 Å². The van der Waals surface area contributed by atoms with Gasteiger partial charge in [0.1, 0.15) is 12.9 Å². The third kappa shape index (κ3) is 1.56. The highest BCUT2D eigenvalue weighted by atomic mass is 16.3. The standard InChI is InChI=1S/C5H5N3O/c9-8-3-5-1-6-4-7-2-5/h1-2,4H,3H2. The molecular formula is C5H5N3O. The van der Waals surface area contributed by atoms with Crippen LogP contribution in [0.4, 0.5) is 0 Å². The van der Waals surface area contributed by atoms with Gasteiger partial charge in [0.05, 0.1) is 0 Å². The Bertz CT molecular complexity index is 187. The molecule has 4 heteroatoms. The van der Waals surface area contributed by atoms with Gasteiger partial charge in [0.2, 0.25) is 0 Å². The molecule has 46 valence electrons. The average Bonchev–Trinajstić information content (AvgIpc) is 1.91. The number of aromatic nitrogens is 2. The quantitative estimate of drug-likeness (QED) is 0.545. The third-order valence-electron chi connectivity index (χ3n) is 0.861. The molecular weight excluding hydrogens is 118 g/mol. The Morgan fingerprint density at radius 1 is 1.44 bits per heavy atom. The lowest BCUT2D eigenvalue weighted by Crippen LogP contribution is -1.82. The zero-order valence-electron chi connectivity index (χ0n) is 4.69. The zero-order valence-corrected chi connectivity index (χ0v) is 4.69. The number of rotatable bonds is 2. The summed E-state index contributed by atoms with van der Waals surface area (Å²) < 4.78 is 0. The molecule has 0 aliphatic heterocycles. The van der Waals surface area contributed by atoms with E-state index in [-0.39, 0.29) is 6.54 Å². The molecule has 0 saturated carbocycles. The van der Waals surface area contributed by atoms with Crippen LogP contribution in [0, 0.1) is 4.91 Å². The molecule has 0 bridgehead atoms. The Balaban J connectivity index is 2.72. The molecule has 0 aromatic carbocycles. The van der Waals surface area contributed by atoms with Crippen LogP contribution >= 0.6 is 0 Å². The van der Waals surface area contributed by atoms with Crippen LogP contribution in [0.25, 0.3) is 0 Å². The predicted molar refractivity (Wildman–Crippen MR) is 31.5 cm³/mol. The monoisotopic (exact) mass is 123 g/mol. The van der Waals surface area contributed by atoms with Crippen molar-refractivity contribution in [3.63, 3.8) is 0 Å². The van der Waals surface area contributed by atoms with Crippen LogP contribution in [-0.4, -0.2) is 9.97 Å². The first-order chi connectivity index (χ1) is 4.43.